The van der Waals surface area contributed by atoms with Crippen molar-refractivity contribution in [2.75, 3.05) is 26.2 Å². The number of hydrogen-bond donors (Lipinski definition) is 0. The number of carbonyl (C=O) groups excluding carboxylic acids is 1. The van der Waals surface area contributed by atoms with E-state index in [9.17, 15) is 4.79 Å². The van der Waals surface area contributed by atoms with E-state index in [4.69, 9.17) is 5.53 Å². The molecule has 0 aromatic heterocycles. The predicted octanol–water partition coefficient (Wildman–Crippen LogP) is 3.77. The highest BCUT2D eigenvalue weighted by atomic mass is 16.2. The molecule has 0 radical (unpaired) electrons. The summed E-state index contributed by atoms with van der Waals surface area (Å²) < 4.78 is 0. The normalized spacial score (nSPS) is 16.6. The summed E-state index contributed by atoms with van der Waals surface area (Å²) in [5.74, 6) is 0.113. The summed E-state index contributed by atoms with van der Waals surface area (Å²) >= 11 is 0. The van der Waals surface area contributed by atoms with Crippen molar-refractivity contribution in [2.45, 2.75) is 19.0 Å². The van der Waals surface area contributed by atoms with E-state index < -0.39 is 0 Å². The van der Waals surface area contributed by atoms with Crippen LogP contribution in [0.2, 0.25) is 0 Å². The monoisotopic (exact) mass is 349 g/mol. The summed E-state index contributed by atoms with van der Waals surface area (Å²) in [7, 11) is 0. The van der Waals surface area contributed by atoms with E-state index >= 15 is 0 Å². The van der Waals surface area contributed by atoms with E-state index in [-0.39, 0.29) is 18.5 Å². The molecular weight excluding hydrogens is 326 g/mol. The first-order valence-electron chi connectivity index (χ1n) is 8.89. The average Bonchev–Trinajstić information content (AvgIpc) is 2.86. The van der Waals surface area contributed by atoms with E-state index in [2.05, 4.69) is 27.1 Å². The van der Waals surface area contributed by atoms with Gasteiger partial charge in [0.25, 0.3) is 0 Å². The molecule has 0 aliphatic carbocycles. The Bertz CT molecular complexity index is 758. The van der Waals surface area contributed by atoms with Gasteiger partial charge in [0.2, 0.25) is 5.91 Å². The van der Waals surface area contributed by atoms with Crippen LogP contribution in [0.1, 0.15) is 23.6 Å². The van der Waals surface area contributed by atoms with Crippen molar-refractivity contribution < 1.29 is 4.79 Å². The average molecular weight is 349 g/mol. The number of hydrogen-bond acceptors (Lipinski definition) is 3. The third kappa shape index (κ3) is 4.63. The number of azide groups is 1. The van der Waals surface area contributed by atoms with Gasteiger partial charge in [0.05, 0.1) is 12.6 Å². The molecule has 0 bridgehead atoms. The van der Waals surface area contributed by atoms with Crippen LogP contribution in [0.5, 0.6) is 0 Å². The Morgan fingerprint density at radius 1 is 1.00 bits per heavy atom. The van der Waals surface area contributed by atoms with E-state index in [0.717, 1.165) is 25.2 Å². The molecule has 6 nitrogen and oxygen atoms in total. The molecule has 1 aliphatic heterocycles. The highest BCUT2D eigenvalue weighted by Crippen LogP contribution is 2.24. The first-order chi connectivity index (χ1) is 12.8. The molecule has 0 N–H and O–H groups in total. The third-order valence-corrected chi connectivity index (χ3v) is 4.75. The third-order valence-electron chi connectivity index (χ3n) is 4.75. The van der Waals surface area contributed by atoms with Crippen LogP contribution in [-0.4, -0.2) is 41.9 Å². The van der Waals surface area contributed by atoms with Gasteiger partial charge in [-0.05, 0) is 16.7 Å². The van der Waals surface area contributed by atoms with Crippen LogP contribution < -0.4 is 0 Å². The summed E-state index contributed by atoms with van der Waals surface area (Å²) in [6.45, 7) is 3.28. The van der Waals surface area contributed by atoms with Gasteiger partial charge in [0.1, 0.15) is 0 Å². The van der Waals surface area contributed by atoms with Crippen LogP contribution in [0.15, 0.2) is 65.8 Å². The molecule has 0 saturated carbocycles. The van der Waals surface area contributed by atoms with Gasteiger partial charge in [-0.3, -0.25) is 9.69 Å². The lowest BCUT2D eigenvalue weighted by atomic mass is 10.0. The van der Waals surface area contributed by atoms with Crippen molar-refractivity contribution in [1.82, 2.24) is 9.80 Å². The summed E-state index contributed by atoms with van der Waals surface area (Å²) in [4.78, 5) is 19.8. The van der Waals surface area contributed by atoms with E-state index in [1.165, 1.54) is 5.56 Å². The molecule has 1 unspecified atom stereocenters. The van der Waals surface area contributed by atoms with Gasteiger partial charge >= 0.3 is 0 Å². The lowest BCUT2D eigenvalue weighted by molar-refractivity contribution is -0.132. The van der Waals surface area contributed by atoms with Crippen molar-refractivity contribution in [2.24, 2.45) is 5.11 Å². The Hall–Kier alpha value is -2.82. The van der Waals surface area contributed by atoms with Gasteiger partial charge in [0.15, 0.2) is 0 Å². The minimum absolute atomic E-state index is 0.113. The van der Waals surface area contributed by atoms with Crippen LogP contribution in [0.4, 0.5) is 0 Å². The van der Waals surface area contributed by atoms with Gasteiger partial charge in [-0.25, -0.2) is 0 Å². The van der Waals surface area contributed by atoms with Gasteiger partial charge < -0.3 is 4.90 Å². The molecular formula is C20H23N5O. The fraction of sp³-hybridized carbons (Fsp3) is 0.350. The maximum Gasteiger partial charge on any atom is 0.224 e. The smallest absolute Gasteiger partial charge is 0.224 e. The molecule has 1 amide bonds. The van der Waals surface area contributed by atoms with Gasteiger partial charge in [-0.1, -0.05) is 65.8 Å². The Kier molecular flexibility index (Phi) is 6.25. The molecule has 6 heteroatoms. The van der Waals surface area contributed by atoms with Crippen molar-refractivity contribution >= 4 is 5.91 Å². The maximum absolute atomic E-state index is 12.8. The van der Waals surface area contributed by atoms with Crippen LogP contribution in [0.3, 0.4) is 0 Å². The van der Waals surface area contributed by atoms with Crippen molar-refractivity contribution in [3.63, 3.8) is 0 Å². The van der Waals surface area contributed by atoms with E-state index in [1.807, 2.05) is 53.4 Å². The molecule has 134 valence electrons. The zero-order valence-corrected chi connectivity index (χ0v) is 14.7. The molecule has 1 heterocycles. The lowest BCUT2D eigenvalue weighted by Gasteiger charge is -2.30. The molecule has 2 aromatic rings. The largest absolute Gasteiger partial charge is 0.334 e. The molecule has 26 heavy (non-hydrogen) atoms. The molecule has 0 spiro atoms. The Labute approximate surface area is 153 Å². The van der Waals surface area contributed by atoms with Gasteiger partial charge in [0, 0.05) is 37.5 Å². The van der Waals surface area contributed by atoms with Crippen molar-refractivity contribution in [3.8, 4) is 0 Å². The number of rotatable bonds is 6. The zero-order valence-electron chi connectivity index (χ0n) is 14.7. The Morgan fingerprint density at radius 2 is 1.69 bits per heavy atom. The number of amides is 1. The summed E-state index contributed by atoms with van der Waals surface area (Å²) in [6, 6.07) is 19.9. The van der Waals surface area contributed by atoms with Crippen molar-refractivity contribution in [3.05, 3.63) is 82.2 Å². The fourth-order valence-corrected chi connectivity index (χ4v) is 3.39. The summed E-state index contributed by atoms with van der Waals surface area (Å²) in [6.07, 6.45) is 0.479. The topological polar surface area (TPSA) is 72.3 Å². The molecule has 1 saturated heterocycles. The highest BCUT2D eigenvalue weighted by molar-refractivity contribution is 5.77. The Morgan fingerprint density at radius 3 is 2.38 bits per heavy atom. The predicted molar refractivity (Wildman–Crippen MR) is 101 cm³/mol. The first-order valence-corrected chi connectivity index (χ1v) is 8.89. The second kappa shape index (κ2) is 9.04. The van der Waals surface area contributed by atoms with E-state index in [0.29, 0.717) is 13.0 Å². The second-order valence-corrected chi connectivity index (χ2v) is 6.44. The fourth-order valence-electron chi connectivity index (χ4n) is 3.39. The highest BCUT2D eigenvalue weighted by Gasteiger charge is 2.27. The van der Waals surface area contributed by atoms with Crippen LogP contribution in [-0.2, 0) is 11.3 Å². The minimum Gasteiger partial charge on any atom is -0.334 e. The number of benzene rings is 2. The number of nitrogens with zero attached hydrogens (tertiary/aromatic N) is 5. The quantitative estimate of drug-likeness (QED) is 0.452. The zero-order chi connectivity index (χ0) is 18.2. The summed E-state index contributed by atoms with van der Waals surface area (Å²) in [5, 5.41) is 3.75. The molecule has 3 rings (SSSR count). The van der Waals surface area contributed by atoms with Gasteiger partial charge in [-0.15, -0.1) is 0 Å². The number of carbonyl (C=O) groups is 1. The van der Waals surface area contributed by atoms with Crippen LogP contribution in [0, 0.1) is 0 Å². The standard InChI is InChI=1S/C20H23N5O/c21-23-22-15-19(18-9-5-2-6-10-18)25-14-13-24(12-11-20(25)26)16-17-7-3-1-4-8-17/h1-10,19H,11-16H2. The maximum atomic E-state index is 12.8. The molecule has 1 aliphatic rings. The molecule has 1 atom stereocenters. The van der Waals surface area contributed by atoms with Crippen LogP contribution >= 0.6 is 0 Å². The van der Waals surface area contributed by atoms with E-state index in [1.54, 1.807) is 0 Å². The lowest BCUT2D eigenvalue weighted by Crippen LogP contribution is -2.37. The molecule has 1 fully saturated rings. The van der Waals surface area contributed by atoms with Crippen LogP contribution in [0.25, 0.3) is 10.4 Å². The van der Waals surface area contributed by atoms with Gasteiger partial charge in [-0.2, -0.15) is 0 Å². The second-order valence-electron chi connectivity index (χ2n) is 6.44. The first kappa shape index (κ1) is 18.0. The summed E-state index contributed by atoms with van der Waals surface area (Å²) in [5.41, 5.74) is 11.0. The minimum atomic E-state index is -0.212. The van der Waals surface area contributed by atoms with Crippen molar-refractivity contribution in [1.29, 1.82) is 0 Å². The molecule has 2 aromatic carbocycles. The Balaban J connectivity index is 1.73. The SMILES string of the molecule is [N-]=[N+]=NCC(c1ccccc1)N1CCN(Cc2ccccc2)CCC1=O.